The standard InChI is InChI=1S/C30H22N2O6S3/c1-20-11-13-22(14-12-20)40(33,34)37-28-15-16-29(25-10-6-5-9-24(25)28)41(35,36)38-32-27-17-18-39-30(27)26(19-31)23-8-4-3-7-21(23)2/h3-18H,1-2H3/b30-26-,32-27-. The molecule has 1 aliphatic rings. The van der Waals surface area contributed by atoms with Crippen molar-refractivity contribution in [3.05, 3.63) is 118 Å². The molecule has 41 heavy (non-hydrogen) atoms. The third kappa shape index (κ3) is 5.76. The van der Waals surface area contributed by atoms with Gasteiger partial charge in [-0.2, -0.15) is 22.1 Å². The molecule has 0 spiro atoms. The van der Waals surface area contributed by atoms with Crippen LogP contribution in [0, 0.1) is 25.2 Å². The number of aryl methyl sites for hydroxylation is 2. The van der Waals surface area contributed by atoms with Crippen LogP contribution in [-0.2, 0) is 24.5 Å². The van der Waals surface area contributed by atoms with Crippen molar-refractivity contribution in [1.82, 2.24) is 0 Å². The Morgan fingerprint density at radius 3 is 2.22 bits per heavy atom. The lowest BCUT2D eigenvalue weighted by Crippen LogP contribution is -2.11. The van der Waals surface area contributed by atoms with Crippen LogP contribution in [0.2, 0.25) is 0 Å². The number of thioether (sulfide) groups is 1. The molecule has 0 aromatic heterocycles. The molecule has 5 rings (SSSR count). The lowest BCUT2D eigenvalue weighted by atomic mass is 10.0. The maximum atomic E-state index is 13.3. The van der Waals surface area contributed by atoms with Crippen molar-refractivity contribution in [2.24, 2.45) is 5.16 Å². The van der Waals surface area contributed by atoms with Crippen molar-refractivity contribution in [2.45, 2.75) is 23.6 Å². The average molecular weight is 603 g/mol. The van der Waals surface area contributed by atoms with Crippen LogP contribution < -0.4 is 4.18 Å². The molecule has 1 heterocycles. The number of nitrogens with zero attached hydrogens (tertiary/aromatic N) is 2. The zero-order valence-corrected chi connectivity index (χ0v) is 24.3. The third-order valence-electron chi connectivity index (χ3n) is 6.25. The summed E-state index contributed by atoms with van der Waals surface area (Å²) in [6, 6.07) is 24.5. The molecule has 0 amide bonds. The molecular formula is C30H22N2O6S3. The summed E-state index contributed by atoms with van der Waals surface area (Å²) in [4.78, 5) is 0.209. The van der Waals surface area contributed by atoms with Crippen LogP contribution in [0.25, 0.3) is 16.3 Å². The average Bonchev–Trinajstić information content (AvgIpc) is 3.42. The molecule has 0 saturated carbocycles. The molecule has 0 atom stereocenters. The summed E-state index contributed by atoms with van der Waals surface area (Å²) in [5, 5.41) is 15.9. The van der Waals surface area contributed by atoms with Crippen LogP contribution in [-0.4, -0.2) is 22.5 Å². The molecule has 206 valence electrons. The van der Waals surface area contributed by atoms with E-state index in [1.165, 1.54) is 42.1 Å². The molecule has 0 radical (unpaired) electrons. The maximum Gasteiger partial charge on any atom is 0.359 e. The van der Waals surface area contributed by atoms with E-state index in [0.717, 1.165) is 11.1 Å². The van der Waals surface area contributed by atoms with Crippen molar-refractivity contribution in [1.29, 1.82) is 5.26 Å². The van der Waals surface area contributed by atoms with E-state index >= 15 is 0 Å². The zero-order chi connectivity index (χ0) is 29.2. The van der Waals surface area contributed by atoms with E-state index in [1.807, 2.05) is 38.1 Å². The SMILES string of the molecule is Cc1ccc(S(=O)(=O)Oc2ccc(S(=O)(=O)O/N=C3/C=CS/C3=C(/C#N)c3ccccc3C)c3ccccc23)cc1. The van der Waals surface area contributed by atoms with Crippen LogP contribution in [0.15, 0.2) is 116 Å². The predicted octanol–water partition coefficient (Wildman–Crippen LogP) is 6.48. The second kappa shape index (κ2) is 11.2. The van der Waals surface area contributed by atoms with Crippen LogP contribution in [0.1, 0.15) is 16.7 Å². The smallest absolute Gasteiger partial charge is 0.359 e. The Balaban J connectivity index is 1.50. The van der Waals surface area contributed by atoms with Crippen molar-refractivity contribution >= 4 is 54.1 Å². The van der Waals surface area contributed by atoms with Gasteiger partial charge in [0.15, 0.2) is 5.75 Å². The Morgan fingerprint density at radius 2 is 1.51 bits per heavy atom. The van der Waals surface area contributed by atoms with E-state index in [0.29, 0.717) is 16.0 Å². The van der Waals surface area contributed by atoms with Gasteiger partial charge in [0.1, 0.15) is 21.6 Å². The van der Waals surface area contributed by atoms with Crippen molar-refractivity contribution in [2.75, 3.05) is 0 Å². The van der Waals surface area contributed by atoms with E-state index in [4.69, 9.17) is 8.47 Å². The first-order valence-corrected chi connectivity index (χ1v) is 15.9. The lowest BCUT2D eigenvalue weighted by molar-refractivity contribution is 0.340. The highest BCUT2D eigenvalue weighted by Gasteiger charge is 2.25. The molecule has 0 aliphatic carbocycles. The minimum absolute atomic E-state index is 0.0307. The van der Waals surface area contributed by atoms with E-state index in [1.54, 1.807) is 41.8 Å². The summed E-state index contributed by atoms with van der Waals surface area (Å²) in [5.74, 6) is -0.0383. The monoisotopic (exact) mass is 602 g/mol. The van der Waals surface area contributed by atoms with Gasteiger partial charge in [0.05, 0.1) is 10.5 Å². The van der Waals surface area contributed by atoms with Gasteiger partial charge in [0.25, 0.3) is 0 Å². The van der Waals surface area contributed by atoms with Crippen LogP contribution in [0.5, 0.6) is 5.75 Å². The minimum atomic E-state index is -4.46. The molecular weight excluding hydrogens is 581 g/mol. The van der Waals surface area contributed by atoms with Gasteiger partial charge in [-0.3, -0.25) is 4.28 Å². The highest BCUT2D eigenvalue weighted by Crippen LogP contribution is 2.36. The fourth-order valence-corrected chi connectivity index (χ4v) is 6.90. The number of fused-ring (bicyclic) bond motifs is 1. The van der Waals surface area contributed by atoms with E-state index in [2.05, 4.69) is 11.2 Å². The van der Waals surface area contributed by atoms with Gasteiger partial charge in [0, 0.05) is 10.8 Å². The normalized spacial score (nSPS) is 15.6. The van der Waals surface area contributed by atoms with Crippen LogP contribution >= 0.6 is 11.8 Å². The van der Waals surface area contributed by atoms with Crippen LogP contribution in [0.3, 0.4) is 0 Å². The largest absolute Gasteiger partial charge is 0.378 e. The maximum absolute atomic E-state index is 13.3. The lowest BCUT2D eigenvalue weighted by Gasteiger charge is -2.12. The van der Waals surface area contributed by atoms with Crippen LogP contribution in [0.4, 0.5) is 0 Å². The fourth-order valence-electron chi connectivity index (χ4n) is 4.18. The second-order valence-electron chi connectivity index (χ2n) is 9.01. The van der Waals surface area contributed by atoms with Gasteiger partial charge >= 0.3 is 20.2 Å². The number of benzene rings is 4. The molecule has 4 aromatic rings. The van der Waals surface area contributed by atoms with E-state index < -0.39 is 20.2 Å². The number of hydrogen-bond acceptors (Lipinski definition) is 9. The Kier molecular flexibility index (Phi) is 7.73. The summed E-state index contributed by atoms with van der Waals surface area (Å²) >= 11 is 1.24. The summed E-state index contributed by atoms with van der Waals surface area (Å²) in [6.45, 7) is 3.71. The highest BCUT2D eigenvalue weighted by atomic mass is 32.2. The Bertz CT molecular complexity index is 2020. The molecule has 11 heteroatoms. The fraction of sp³-hybridized carbons (Fsp3) is 0.0667. The van der Waals surface area contributed by atoms with Gasteiger partial charge in [-0.25, -0.2) is 0 Å². The van der Waals surface area contributed by atoms with Gasteiger partial charge in [-0.15, -0.1) is 0 Å². The summed E-state index contributed by atoms with van der Waals surface area (Å²) in [6.07, 6.45) is 1.57. The van der Waals surface area contributed by atoms with Gasteiger partial charge in [-0.1, -0.05) is 83.1 Å². The molecule has 0 N–H and O–H groups in total. The molecule has 0 bridgehead atoms. The number of rotatable bonds is 7. The van der Waals surface area contributed by atoms with Crippen molar-refractivity contribution < 1.29 is 25.3 Å². The minimum Gasteiger partial charge on any atom is -0.378 e. The Labute approximate surface area is 242 Å². The molecule has 8 nitrogen and oxygen atoms in total. The van der Waals surface area contributed by atoms with Crippen molar-refractivity contribution in [3.63, 3.8) is 0 Å². The molecule has 1 aliphatic heterocycles. The first-order chi connectivity index (χ1) is 19.6. The summed E-state index contributed by atoms with van der Waals surface area (Å²) < 4.78 is 63.0. The van der Waals surface area contributed by atoms with Gasteiger partial charge < -0.3 is 4.18 Å². The molecule has 0 saturated heterocycles. The van der Waals surface area contributed by atoms with E-state index in [-0.39, 0.29) is 32.0 Å². The van der Waals surface area contributed by atoms with Gasteiger partial charge in [0.2, 0.25) is 0 Å². The summed E-state index contributed by atoms with van der Waals surface area (Å²) in [7, 11) is -8.64. The summed E-state index contributed by atoms with van der Waals surface area (Å²) in [5.41, 5.74) is 3.02. The molecule has 0 fully saturated rings. The van der Waals surface area contributed by atoms with Gasteiger partial charge in [-0.05, 0) is 60.7 Å². The molecule has 4 aromatic carbocycles. The molecule has 0 unspecified atom stereocenters. The number of nitriles is 1. The highest BCUT2D eigenvalue weighted by molar-refractivity contribution is 8.07. The Morgan fingerprint density at radius 1 is 0.829 bits per heavy atom. The van der Waals surface area contributed by atoms with Crippen molar-refractivity contribution in [3.8, 4) is 11.8 Å². The first-order valence-electron chi connectivity index (χ1n) is 12.2. The quantitative estimate of drug-likeness (QED) is 0.134. The Hall–Kier alpha value is -4.37. The topological polar surface area (TPSA) is 123 Å². The van der Waals surface area contributed by atoms with E-state index in [9.17, 15) is 22.1 Å². The third-order valence-corrected chi connectivity index (χ3v) is 9.59. The predicted molar refractivity (Wildman–Crippen MR) is 159 cm³/mol. The number of hydrogen-bond donors (Lipinski definition) is 0. The zero-order valence-electron chi connectivity index (χ0n) is 21.8. The second-order valence-corrected chi connectivity index (χ2v) is 13.0. The number of oxime groups is 1. The number of allylic oxidation sites excluding steroid dienone is 3. The first kappa shape index (κ1) is 28.2.